The van der Waals surface area contributed by atoms with Gasteiger partial charge in [0.15, 0.2) is 0 Å². The van der Waals surface area contributed by atoms with E-state index in [-0.39, 0.29) is 5.41 Å². The molecule has 0 saturated heterocycles. The highest BCUT2D eigenvalue weighted by Gasteiger charge is 2.38. The molecule has 0 saturated carbocycles. The van der Waals surface area contributed by atoms with Crippen LogP contribution in [-0.4, -0.2) is 14.4 Å². The van der Waals surface area contributed by atoms with Crippen LogP contribution >= 0.6 is 0 Å². The first-order chi connectivity index (χ1) is 23.0. The van der Waals surface area contributed by atoms with E-state index in [4.69, 9.17) is 19.1 Å². The Labute approximate surface area is 270 Å². The summed E-state index contributed by atoms with van der Waals surface area (Å²) in [4.78, 5) is 11.9. The topological polar surface area (TPSA) is 55.8 Å². The lowest BCUT2D eigenvalue weighted by Gasteiger charge is -2.41. The van der Waals surface area contributed by atoms with Gasteiger partial charge in [0.05, 0.1) is 16.9 Å². The zero-order valence-electron chi connectivity index (χ0n) is 25.8. The number of furan rings is 1. The molecule has 224 valence electrons. The molecule has 5 aromatic carbocycles. The summed E-state index contributed by atoms with van der Waals surface area (Å²) in [6.07, 6.45) is 5.73. The van der Waals surface area contributed by atoms with Crippen molar-refractivity contribution in [1.29, 1.82) is 0 Å². The van der Waals surface area contributed by atoms with Crippen molar-refractivity contribution in [2.45, 2.75) is 19.3 Å². The van der Waals surface area contributed by atoms with Gasteiger partial charge in [-0.1, -0.05) is 62.4 Å². The third-order valence-corrected chi connectivity index (χ3v) is 9.72. The lowest BCUT2D eigenvalue weighted by Crippen LogP contribution is -2.31. The molecule has 47 heavy (non-hydrogen) atoms. The Bertz CT molecular complexity index is 2720. The molecule has 1 aliphatic heterocycles. The van der Waals surface area contributed by atoms with Crippen LogP contribution in [0.25, 0.3) is 49.3 Å². The molecule has 1 aliphatic rings. The number of benzene rings is 5. The number of hydrogen-bond donors (Lipinski definition) is 0. The number of rotatable bonds is 3. The van der Waals surface area contributed by atoms with Gasteiger partial charge in [-0.15, -0.1) is 0 Å². The van der Waals surface area contributed by atoms with Gasteiger partial charge in [0.25, 0.3) is 0 Å². The summed E-state index contributed by atoms with van der Waals surface area (Å²) in [6.45, 7) is 4.52. The summed E-state index contributed by atoms with van der Waals surface area (Å²) in [7, 11) is 0. The number of pyridine rings is 2. The summed E-state index contributed by atoms with van der Waals surface area (Å²) in [6, 6.07) is 39.8. The molecule has 0 amide bonds. The van der Waals surface area contributed by atoms with Crippen LogP contribution in [0.2, 0.25) is 0 Å². The number of anilines is 3. The van der Waals surface area contributed by atoms with Crippen molar-refractivity contribution < 1.29 is 9.15 Å². The van der Waals surface area contributed by atoms with Crippen LogP contribution in [0.5, 0.6) is 11.5 Å². The van der Waals surface area contributed by atoms with Gasteiger partial charge in [0.2, 0.25) is 0 Å². The van der Waals surface area contributed by atoms with Crippen molar-refractivity contribution in [3.63, 3.8) is 0 Å². The Hall–Kier alpha value is -6.14. The van der Waals surface area contributed by atoms with Crippen molar-refractivity contribution in [2.75, 3.05) is 4.90 Å². The molecular weight excluding hydrogens is 580 g/mol. The highest BCUT2D eigenvalue weighted by atomic mass is 16.5. The van der Waals surface area contributed by atoms with Crippen LogP contribution in [0.3, 0.4) is 0 Å². The number of aromatic nitrogens is 3. The zero-order valence-corrected chi connectivity index (χ0v) is 25.8. The highest BCUT2D eigenvalue weighted by molar-refractivity contribution is 6.12. The van der Waals surface area contributed by atoms with Gasteiger partial charge in [0.1, 0.15) is 34.1 Å². The van der Waals surface area contributed by atoms with E-state index in [1.807, 2.05) is 55.0 Å². The predicted octanol–water partition coefficient (Wildman–Crippen LogP) is 10.8. The summed E-state index contributed by atoms with van der Waals surface area (Å²) >= 11 is 0. The lowest BCUT2D eigenvalue weighted by molar-refractivity contribution is 0.483. The van der Waals surface area contributed by atoms with Gasteiger partial charge in [0, 0.05) is 57.2 Å². The minimum atomic E-state index is -0.288. The molecule has 10 rings (SSSR count). The normalized spacial score (nSPS) is 13.9. The van der Waals surface area contributed by atoms with E-state index in [1.54, 1.807) is 0 Å². The SMILES string of the molecule is CC1(C)c2cc3oc4ccccc4c3cc2N(c2cccc(Oc3ccc4c5ccccc5n5ccnc5c4c3)c2)c2ncccc21. The average molecular weight is 609 g/mol. The van der Waals surface area contributed by atoms with Gasteiger partial charge < -0.3 is 9.15 Å². The van der Waals surface area contributed by atoms with Gasteiger partial charge in [-0.3, -0.25) is 9.30 Å². The molecule has 0 N–H and O–H groups in total. The zero-order chi connectivity index (χ0) is 31.3. The Balaban J connectivity index is 1.12. The minimum absolute atomic E-state index is 0.288. The molecule has 6 nitrogen and oxygen atoms in total. The van der Waals surface area contributed by atoms with Crippen LogP contribution in [0.1, 0.15) is 25.0 Å². The Kier molecular flexibility index (Phi) is 5.24. The van der Waals surface area contributed by atoms with E-state index < -0.39 is 0 Å². The quantitative estimate of drug-likeness (QED) is 0.187. The number of imidazole rings is 1. The second-order valence-electron chi connectivity index (χ2n) is 12.7. The van der Waals surface area contributed by atoms with Crippen LogP contribution in [0, 0.1) is 0 Å². The summed E-state index contributed by atoms with van der Waals surface area (Å²) in [5, 5.41) is 5.56. The van der Waals surface area contributed by atoms with E-state index in [9.17, 15) is 0 Å². The smallest absolute Gasteiger partial charge is 0.145 e. The monoisotopic (exact) mass is 608 g/mol. The van der Waals surface area contributed by atoms with Crippen molar-refractivity contribution in [1.82, 2.24) is 14.4 Å². The number of ether oxygens (including phenoxy) is 1. The van der Waals surface area contributed by atoms with Crippen LogP contribution in [0.15, 0.2) is 138 Å². The Morgan fingerprint density at radius 1 is 0.617 bits per heavy atom. The molecule has 6 heteroatoms. The molecule has 0 unspecified atom stereocenters. The van der Waals surface area contributed by atoms with E-state index in [2.05, 4.69) is 102 Å². The Morgan fingerprint density at radius 2 is 1.47 bits per heavy atom. The van der Waals surface area contributed by atoms with E-state index in [1.165, 1.54) is 10.9 Å². The molecule has 0 spiro atoms. The number of fused-ring (bicyclic) bond motifs is 11. The van der Waals surface area contributed by atoms with Crippen molar-refractivity contribution in [2.24, 2.45) is 0 Å². The first-order valence-corrected chi connectivity index (χ1v) is 15.8. The highest BCUT2D eigenvalue weighted by Crippen LogP contribution is 2.53. The van der Waals surface area contributed by atoms with Crippen LogP contribution < -0.4 is 9.64 Å². The molecule has 0 radical (unpaired) electrons. The fourth-order valence-electron chi connectivity index (χ4n) is 7.47. The number of nitrogens with zero attached hydrogens (tertiary/aromatic N) is 4. The molecular formula is C41H28N4O2. The average Bonchev–Trinajstić information content (AvgIpc) is 3.74. The second kappa shape index (κ2) is 9.44. The standard InChI is InChI=1S/C41H28N4O2/c1-41(2)33-13-8-18-42-40(33)45(36-23-31-30-12-4-6-15-37(30)47-38(31)24-34(36)41)25-9-7-10-26(21-25)46-27-16-17-28-29-11-3-5-14-35(29)44-20-19-43-39(44)32(28)22-27/h3-24H,1-2H3. The maximum atomic E-state index is 6.59. The molecule has 0 bridgehead atoms. The van der Waals surface area contributed by atoms with Crippen molar-refractivity contribution >= 4 is 66.5 Å². The van der Waals surface area contributed by atoms with Crippen LogP contribution in [-0.2, 0) is 5.41 Å². The molecule has 4 aromatic heterocycles. The maximum absolute atomic E-state index is 6.59. The summed E-state index contributed by atoms with van der Waals surface area (Å²) in [5.41, 5.74) is 7.91. The van der Waals surface area contributed by atoms with E-state index in [0.29, 0.717) is 0 Å². The summed E-state index contributed by atoms with van der Waals surface area (Å²) < 4.78 is 15.1. The largest absolute Gasteiger partial charge is 0.457 e. The van der Waals surface area contributed by atoms with Gasteiger partial charge in [-0.2, -0.15) is 0 Å². The molecule has 0 aliphatic carbocycles. The predicted molar refractivity (Wildman–Crippen MR) is 189 cm³/mol. The number of hydrogen-bond acceptors (Lipinski definition) is 5. The second-order valence-corrected chi connectivity index (χ2v) is 12.7. The third-order valence-electron chi connectivity index (χ3n) is 9.72. The third kappa shape index (κ3) is 3.72. The first kappa shape index (κ1) is 26.1. The summed E-state index contributed by atoms with van der Waals surface area (Å²) in [5.74, 6) is 2.40. The Morgan fingerprint density at radius 3 is 2.40 bits per heavy atom. The van der Waals surface area contributed by atoms with Gasteiger partial charge in [-0.25, -0.2) is 9.97 Å². The fraction of sp³-hybridized carbons (Fsp3) is 0.0732. The molecule has 0 fully saturated rings. The lowest BCUT2D eigenvalue weighted by atomic mass is 9.74. The first-order valence-electron chi connectivity index (χ1n) is 15.8. The van der Waals surface area contributed by atoms with Crippen LogP contribution in [0.4, 0.5) is 17.2 Å². The van der Waals surface area contributed by atoms with Gasteiger partial charge >= 0.3 is 0 Å². The molecule has 0 atom stereocenters. The molecule has 9 aromatic rings. The maximum Gasteiger partial charge on any atom is 0.145 e. The van der Waals surface area contributed by atoms with Crippen molar-refractivity contribution in [3.05, 3.63) is 145 Å². The van der Waals surface area contributed by atoms with Gasteiger partial charge in [-0.05, 0) is 71.6 Å². The van der Waals surface area contributed by atoms with E-state index >= 15 is 0 Å². The number of para-hydroxylation sites is 2. The molecule has 5 heterocycles. The van der Waals surface area contributed by atoms with Crippen molar-refractivity contribution in [3.8, 4) is 11.5 Å². The van der Waals surface area contributed by atoms with E-state index in [0.717, 1.165) is 78.1 Å². The minimum Gasteiger partial charge on any atom is -0.457 e. The fourth-order valence-corrected chi connectivity index (χ4v) is 7.47.